The molecule has 4 heteroatoms. The van der Waals surface area contributed by atoms with E-state index in [0.29, 0.717) is 13.6 Å². The Hall–Kier alpha value is 0.320. The van der Waals surface area contributed by atoms with Crippen LogP contribution < -0.4 is 0 Å². The van der Waals surface area contributed by atoms with Crippen LogP contribution in [0.1, 0.15) is 5.56 Å². The minimum atomic E-state index is -0.269. The topological polar surface area (TPSA) is 20.2 Å². The Bertz CT molecular complexity index is 277. The molecule has 0 aliphatic carbocycles. The molecule has 0 radical (unpaired) electrons. The SMILES string of the molecule is OCc1ccc(F)c(I)c1Br. The maximum atomic E-state index is 12.8. The maximum absolute atomic E-state index is 12.8. The molecule has 0 saturated carbocycles. The molecule has 0 aliphatic heterocycles. The first-order chi connectivity index (χ1) is 5.16. The number of aliphatic hydroxyl groups excluding tert-OH is 1. The van der Waals surface area contributed by atoms with Gasteiger partial charge in [-0.05, 0) is 50.2 Å². The van der Waals surface area contributed by atoms with Crippen molar-refractivity contribution < 1.29 is 9.50 Å². The molecule has 0 amide bonds. The molecular formula is C7H5BrFIO. The second kappa shape index (κ2) is 3.82. The summed E-state index contributed by atoms with van der Waals surface area (Å²) >= 11 is 5.07. The monoisotopic (exact) mass is 330 g/mol. The molecular weight excluding hydrogens is 326 g/mol. The second-order valence-corrected chi connectivity index (χ2v) is 3.86. The van der Waals surface area contributed by atoms with Crippen LogP contribution in [0, 0.1) is 9.39 Å². The minimum Gasteiger partial charge on any atom is -0.392 e. The fourth-order valence-corrected chi connectivity index (χ4v) is 1.66. The molecule has 1 aromatic rings. The molecule has 1 rings (SSSR count). The fraction of sp³-hybridized carbons (Fsp3) is 0.143. The van der Waals surface area contributed by atoms with Crippen molar-refractivity contribution in [2.24, 2.45) is 0 Å². The highest BCUT2D eigenvalue weighted by Gasteiger charge is 2.06. The molecule has 60 valence electrons. The molecule has 0 unspecified atom stereocenters. The van der Waals surface area contributed by atoms with Crippen molar-refractivity contribution in [3.8, 4) is 0 Å². The Morgan fingerprint density at radius 2 is 2.18 bits per heavy atom. The molecule has 0 atom stereocenters. The molecule has 1 N–H and O–H groups in total. The molecule has 0 aromatic heterocycles. The molecule has 0 saturated heterocycles. The van der Waals surface area contributed by atoms with E-state index in [0.717, 1.165) is 0 Å². The lowest BCUT2D eigenvalue weighted by atomic mass is 10.2. The molecule has 0 aliphatic rings. The number of hydrogen-bond acceptors (Lipinski definition) is 1. The third-order valence-corrected chi connectivity index (χ3v) is 3.99. The summed E-state index contributed by atoms with van der Waals surface area (Å²) in [6.45, 7) is -0.0726. The Labute approximate surface area is 85.9 Å². The van der Waals surface area contributed by atoms with Gasteiger partial charge in [0.15, 0.2) is 0 Å². The van der Waals surface area contributed by atoms with Crippen molar-refractivity contribution in [2.75, 3.05) is 0 Å². The van der Waals surface area contributed by atoms with Gasteiger partial charge < -0.3 is 5.11 Å². The van der Waals surface area contributed by atoms with Crippen molar-refractivity contribution >= 4 is 38.5 Å². The summed E-state index contributed by atoms with van der Waals surface area (Å²) in [5.74, 6) is -0.269. The van der Waals surface area contributed by atoms with E-state index in [-0.39, 0.29) is 12.4 Å². The van der Waals surface area contributed by atoms with Gasteiger partial charge in [0.25, 0.3) is 0 Å². The standard InChI is InChI=1S/C7H5BrFIO/c8-6-4(3-11)1-2-5(9)7(6)10/h1-2,11H,3H2. The van der Waals surface area contributed by atoms with Crippen molar-refractivity contribution in [1.29, 1.82) is 0 Å². The summed E-state index contributed by atoms with van der Waals surface area (Å²) < 4.78 is 13.9. The molecule has 0 spiro atoms. The van der Waals surface area contributed by atoms with Crippen LogP contribution in [0.2, 0.25) is 0 Å². The second-order valence-electron chi connectivity index (χ2n) is 1.99. The van der Waals surface area contributed by atoms with E-state index in [1.54, 1.807) is 6.07 Å². The lowest BCUT2D eigenvalue weighted by Gasteiger charge is -2.02. The Morgan fingerprint density at radius 1 is 1.55 bits per heavy atom. The zero-order chi connectivity index (χ0) is 8.43. The number of benzene rings is 1. The van der Waals surface area contributed by atoms with E-state index < -0.39 is 0 Å². The van der Waals surface area contributed by atoms with E-state index in [1.165, 1.54) is 6.07 Å². The summed E-state index contributed by atoms with van der Waals surface area (Å²) in [4.78, 5) is 0. The van der Waals surface area contributed by atoms with Gasteiger partial charge in [0.05, 0.1) is 10.2 Å². The molecule has 0 heterocycles. The minimum absolute atomic E-state index is 0.0726. The highest BCUT2D eigenvalue weighted by Crippen LogP contribution is 2.25. The molecule has 0 fully saturated rings. The summed E-state index contributed by atoms with van der Waals surface area (Å²) in [5.41, 5.74) is 0.704. The maximum Gasteiger partial charge on any atom is 0.137 e. The van der Waals surface area contributed by atoms with E-state index in [9.17, 15) is 4.39 Å². The third-order valence-electron chi connectivity index (χ3n) is 1.29. The Morgan fingerprint density at radius 3 is 2.73 bits per heavy atom. The van der Waals surface area contributed by atoms with E-state index in [1.807, 2.05) is 22.6 Å². The van der Waals surface area contributed by atoms with Crippen molar-refractivity contribution in [1.82, 2.24) is 0 Å². The highest BCUT2D eigenvalue weighted by atomic mass is 127. The van der Waals surface area contributed by atoms with Crippen LogP contribution in [0.5, 0.6) is 0 Å². The average Bonchev–Trinajstić information content (AvgIpc) is 2.01. The highest BCUT2D eigenvalue weighted by molar-refractivity contribution is 14.1. The van der Waals surface area contributed by atoms with Crippen LogP contribution in [0.25, 0.3) is 0 Å². The van der Waals surface area contributed by atoms with Gasteiger partial charge in [0.1, 0.15) is 5.82 Å². The third kappa shape index (κ3) is 1.91. The van der Waals surface area contributed by atoms with Crippen molar-refractivity contribution in [3.05, 3.63) is 31.6 Å². The molecule has 1 nitrogen and oxygen atoms in total. The number of aliphatic hydroxyl groups is 1. The number of hydrogen-bond donors (Lipinski definition) is 1. The molecule has 0 bridgehead atoms. The van der Waals surface area contributed by atoms with Crippen LogP contribution in [0.4, 0.5) is 4.39 Å². The smallest absolute Gasteiger partial charge is 0.137 e. The molecule has 11 heavy (non-hydrogen) atoms. The predicted octanol–water partition coefficient (Wildman–Crippen LogP) is 2.69. The predicted molar refractivity (Wildman–Crippen MR) is 52.7 cm³/mol. The summed E-state index contributed by atoms with van der Waals surface area (Å²) in [6, 6.07) is 2.90. The summed E-state index contributed by atoms with van der Waals surface area (Å²) in [7, 11) is 0. The lowest BCUT2D eigenvalue weighted by Crippen LogP contribution is -1.90. The van der Waals surface area contributed by atoms with Crippen LogP contribution in [-0.2, 0) is 6.61 Å². The van der Waals surface area contributed by atoms with Gasteiger partial charge in [0.2, 0.25) is 0 Å². The van der Waals surface area contributed by atoms with Crippen LogP contribution >= 0.6 is 38.5 Å². The van der Waals surface area contributed by atoms with Gasteiger partial charge >= 0.3 is 0 Å². The Balaban J connectivity index is 3.25. The van der Waals surface area contributed by atoms with Gasteiger partial charge in [-0.2, -0.15) is 0 Å². The zero-order valence-electron chi connectivity index (χ0n) is 5.44. The van der Waals surface area contributed by atoms with Gasteiger partial charge in [-0.3, -0.25) is 0 Å². The van der Waals surface area contributed by atoms with Crippen molar-refractivity contribution in [2.45, 2.75) is 6.61 Å². The van der Waals surface area contributed by atoms with Crippen molar-refractivity contribution in [3.63, 3.8) is 0 Å². The summed E-state index contributed by atoms with van der Waals surface area (Å²) in [5, 5.41) is 8.78. The van der Waals surface area contributed by atoms with Crippen LogP contribution in [0.15, 0.2) is 16.6 Å². The van der Waals surface area contributed by atoms with Gasteiger partial charge in [-0.25, -0.2) is 4.39 Å². The van der Waals surface area contributed by atoms with Gasteiger partial charge in [-0.15, -0.1) is 0 Å². The van der Waals surface area contributed by atoms with Gasteiger partial charge in [0, 0.05) is 4.47 Å². The largest absolute Gasteiger partial charge is 0.392 e. The van der Waals surface area contributed by atoms with Crippen LogP contribution in [0.3, 0.4) is 0 Å². The van der Waals surface area contributed by atoms with E-state index >= 15 is 0 Å². The van der Waals surface area contributed by atoms with E-state index in [4.69, 9.17) is 5.11 Å². The fourth-order valence-electron chi connectivity index (χ4n) is 0.688. The first kappa shape index (κ1) is 9.41. The van der Waals surface area contributed by atoms with E-state index in [2.05, 4.69) is 15.9 Å². The average molecular weight is 331 g/mol. The zero-order valence-corrected chi connectivity index (χ0v) is 9.19. The Kier molecular flexibility index (Phi) is 3.27. The first-order valence-electron chi connectivity index (χ1n) is 2.90. The normalized spacial score (nSPS) is 10.2. The van der Waals surface area contributed by atoms with Gasteiger partial charge in [-0.1, -0.05) is 6.07 Å². The summed E-state index contributed by atoms with van der Waals surface area (Å²) in [6.07, 6.45) is 0. The van der Waals surface area contributed by atoms with Crippen LogP contribution in [-0.4, -0.2) is 5.11 Å². The first-order valence-corrected chi connectivity index (χ1v) is 4.77. The lowest BCUT2D eigenvalue weighted by molar-refractivity contribution is 0.281. The number of halogens is 3. The number of rotatable bonds is 1. The molecule has 1 aromatic carbocycles. The quantitative estimate of drug-likeness (QED) is 0.620.